The Morgan fingerprint density at radius 1 is 1.09 bits per heavy atom. The molecule has 0 aromatic heterocycles. The molecule has 4 amide bonds. The lowest BCUT2D eigenvalue weighted by atomic mass is 10.1. The predicted octanol–water partition coefficient (Wildman–Crippen LogP) is 1.12. The first-order valence-corrected chi connectivity index (χ1v) is 9.56. The molecule has 2 aromatic carbocycles. The zero-order valence-electron chi connectivity index (χ0n) is 17.5. The van der Waals surface area contributed by atoms with Gasteiger partial charge in [0.15, 0.2) is 6.61 Å². The topological polar surface area (TPSA) is 165 Å². The molecule has 1 aliphatic rings. The van der Waals surface area contributed by atoms with E-state index in [1.807, 2.05) is 0 Å². The Morgan fingerprint density at radius 3 is 2.48 bits per heavy atom. The number of nitrogens with one attached hydrogen (secondary N) is 2. The van der Waals surface area contributed by atoms with Gasteiger partial charge in [-0.25, -0.2) is 4.79 Å². The van der Waals surface area contributed by atoms with Crippen molar-refractivity contribution in [3.8, 4) is 0 Å². The zero-order chi connectivity index (χ0) is 24.3. The molecule has 1 unspecified atom stereocenters. The van der Waals surface area contributed by atoms with Crippen LogP contribution in [-0.2, 0) is 14.3 Å². The van der Waals surface area contributed by atoms with Crippen molar-refractivity contribution in [3.63, 3.8) is 0 Å². The third-order valence-electron chi connectivity index (χ3n) is 4.74. The minimum absolute atomic E-state index is 0.0168. The van der Waals surface area contributed by atoms with Crippen molar-refractivity contribution in [2.45, 2.75) is 13.0 Å². The van der Waals surface area contributed by atoms with Gasteiger partial charge in [0, 0.05) is 30.4 Å². The second kappa shape index (κ2) is 9.26. The van der Waals surface area contributed by atoms with Gasteiger partial charge in [0.05, 0.1) is 16.1 Å². The molecule has 12 heteroatoms. The standard InChI is InChI=1S/C21H18N4O8/c1-11(22-18(27)12-4-3-5-14(8-12)25(31)32)21(30)33-10-17(26)23-13-6-7-15-16(9-13)20(29)24(2)19(15)28/h3-9,11H,10H2,1-2H3,(H,22,27)(H,23,26). The Balaban J connectivity index is 1.52. The third kappa shape index (κ3) is 5.01. The summed E-state index contributed by atoms with van der Waals surface area (Å²) in [5.74, 6) is -3.27. The first-order valence-electron chi connectivity index (χ1n) is 9.56. The number of nitro groups is 1. The highest BCUT2D eigenvalue weighted by Gasteiger charge is 2.32. The molecule has 1 aliphatic heterocycles. The first kappa shape index (κ1) is 23.1. The smallest absolute Gasteiger partial charge is 0.328 e. The average molecular weight is 454 g/mol. The molecule has 0 radical (unpaired) electrons. The maximum atomic E-state index is 12.2. The van der Waals surface area contributed by atoms with Gasteiger partial charge in [-0.1, -0.05) is 6.07 Å². The summed E-state index contributed by atoms with van der Waals surface area (Å²) in [4.78, 5) is 71.4. The molecule has 2 aromatic rings. The first-order chi connectivity index (χ1) is 15.6. The minimum atomic E-state index is -1.14. The van der Waals surface area contributed by atoms with Gasteiger partial charge in [-0.2, -0.15) is 0 Å². The van der Waals surface area contributed by atoms with Crippen LogP contribution in [-0.4, -0.2) is 59.1 Å². The highest BCUT2D eigenvalue weighted by atomic mass is 16.6. The summed E-state index contributed by atoms with van der Waals surface area (Å²) >= 11 is 0. The summed E-state index contributed by atoms with van der Waals surface area (Å²) in [7, 11) is 1.35. The molecule has 0 fully saturated rings. The Labute approximate surface area is 186 Å². The Morgan fingerprint density at radius 2 is 1.79 bits per heavy atom. The van der Waals surface area contributed by atoms with Crippen LogP contribution in [0, 0.1) is 10.1 Å². The van der Waals surface area contributed by atoms with Crippen molar-refractivity contribution >= 4 is 41.0 Å². The summed E-state index contributed by atoms with van der Waals surface area (Å²) in [6, 6.07) is 8.02. The fourth-order valence-electron chi connectivity index (χ4n) is 3.00. The van der Waals surface area contributed by atoms with Crippen molar-refractivity contribution in [1.82, 2.24) is 10.2 Å². The molecule has 170 valence electrons. The summed E-state index contributed by atoms with van der Waals surface area (Å²) in [6.45, 7) is 0.662. The van der Waals surface area contributed by atoms with E-state index in [0.717, 1.165) is 11.0 Å². The van der Waals surface area contributed by atoms with E-state index in [9.17, 15) is 34.1 Å². The van der Waals surface area contributed by atoms with Crippen molar-refractivity contribution in [1.29, 1.82) is 0 Å². The van der Waals surface area contributed by atoms with E-state index in [4.69, 9.17) is 4.74 Å². The number of carbonyl (C=O) groups excluding carboxylic acids is 5. The number of hydrogen-bond donors (Lipinski definition) is 2. The van der Waals surface area contributed by atoms with E-state index in [-0.39, 0.29) is 28.1 Å². The molecule has 0 aliphatic carbocycles. The number of nitro benzene ring substituents is 1. The van der Waals surface area contributed by atoms with Crippen LogP contribution in [0.2, 0.25) is 0 Å². The molecule has 0 spiro atoms. The number of ether oxygens (including phenoxy) is 1. The quantitative estimate of drug-likeness (QED) is 0.272. The van der Waals surface area contributed by atoms with Gasteiger partial charge >= 0.3 is 5.97 Å². The molecule has 1 atom stereocenters. The number of esters is 1. The van der Waals surface area contributed by atoms with E-state index in [1.165, 1.54) is 50.4 Å². The lowest BCUT2D eigenvalue weighted by Crippen LogP contribution is -2.40. The second-order valence-electron chi connectivity index (χ2n) is 7.09. The fourth-order valence-corrected chi connectivity index (χ4v) is 3.00. The van der Waals surface area contributed by atoms with E-state index in [2.05, 4.69) is 10.6 Å². The van der Waals surface area contributed by atoms with Gasteiger partial charge in [-0.3, -0.25) is 34.2 Å². The number of non-ortho nitro benzene ring substituents is 1. The van der Waals surface area contributed by atoms with Gasteiger partial charge < -0.3 is 15.4 Å². The summed E-state index contributed by atoms with van der Waals surface area (Å²) in [5, 5.41) is 15.6. The van der Waals surface area contributed by atoms with Crippen LogP contribution in [0.15, 0.2) is 42.5 Å². The van der Waals surface area contributed by atoms with Crippen LogP contribution in [0.5, 0.6) is 0 Å². The molecule has 33 heavy (non-hydrogen) atoms. The largest absolute Gasteiger partial charge is 0.454 e. The molecule has 2 N–H and O–H groups in total. The van der Waals surface area contributed by atoms with Gasteiger partial charge in [0.2, 0.25) is 0 Å². The molecule has 3 rings (SSSR count). The number of fused-ring (bicyclic) bond motifs is 1. The van der Waals surface area contributed by atoms with Crippen molar-refractivity contribution in [2.24, 2.45) is 0 Å². The summed E-state index contributed by atoms with van der Waals surface area (Å²) in [5.41, 5.74) is 0.309. The number of nitrogens with zero attached hydrogens (tertiary/aromatic N) is 2. The van der Waals surface area contributed by atoms with Gasteiger partial charge in [-0.05, 0) is 31.2 Å². The van der Waals surface area contributed by atoms with Crippen molar-refractivity contribution in [3.05, 3.63) is 69.3 Å². The molecule has 0 saturated carbocycles. The maximum Gasteiger partial charge on any atom is 0.328 e. The summed E-state index contributed by atoms with van der Waals surface area (Å²) in [6.07, 6.45) is 0. The molecule has 0 bridgehead atoms. The molecular weight excluding hydrogens is 436 g/mol. The average Bonchev–Trinajstić information content (AvgIpc) is 3.01. The Bertz CT molecular complexity index is 1190. The predicted molar refractivity (Wildman–Crippen MR) is 112 cm³/mol. The molecular formula is C21H18N4O8. The molecule has 0 saturated heterocycles. The lowest BCUT2D eigenvalue weighted by molar-refractivity contribution is -0.384. The number of carbonyl (C=O) groups is 5. The normalized spacial score (nSPS) is 13.2. The minimum Gasteiger partial charge on any atom is -0.454 e. The van der Waals surface area contributed by atoms with Gasteiger partial charge in [0.1, 0.15) is 6.04 Å². The van der Waals surface area contributed by atoms with Crippen LogP contribution in [0.4, 0.5) is 11.4 Å². The van der Waals surface area contributed by atoms with Crippen LogP contribution in [0.25, 0.3) is 0 Å². The third-order valence-corrected chi connectivity index (χ3v) is 4.74. The van der Waals surface area contributed by atoms with E-state index in [1.54, 1.807) is 0 Å². The number of benzene rings is 2. The number of hydrogen-bond acceptors (Lipinski definition) is 8. The lowest BCUT2D eigenvalue weighted by Gasteiger charge is -2.13. The summed E-state index contributed by atoms with van der Waals surface area (Å²) < 4.78 is 4.88. The number of rotatable bonds is 7. The van der Waals surface area contributed by atoms with Crippen LogP contribution >= 0.6 is 0 Å². The van der Waals surface area contributed by atoms with Gasteiger partial charge in [0.25, 0.3) is 29.3 Å². The highest BCUT2D eigenvalue weighted by Crippen LogP contribution is 2.24. The van der Waals surface area contributed by atoms with Crippen molar-refractivity contribution < 1.29 is 33.6 Å². The number of anilines is 1. The Hall–Kier alpha value is -4.61. The zero-order valence-corrected chi connectivity index (χ0v) is 17.5. The SMILES string of the molecule is CC(NC(=O)c1cccc([N+](=O)[O-])c1)C(=O)OCC(=O)Nc1ccc2c(c1)C(=O)N(C)C2=O. The van der Waals surface area contributed by atoms with Crippen LogP contribution in [0.1, 0.15) is 38.0 Å². The van der Waals surface area contributed by atoms with E-state index in [0.29, 0.717) is 0 Å². The highest BCUT2D eigenvalue weighted by molar-refractivity contribution is 6.21. The molecule has 12 nitrogen and oxygen atoms in total. The Kier molecular flexibility index (Phi) is 6.47. The second-order valence-corrected chi connectivity index (χ2v) is 7.09. The number of imide groups is 1. The van der Waals surface area contributed by atoms with E-state index < -0.39 is 47.2 Å². The van der Waals surface area contributed by atoms with Crippen molar-refractivity contribution in [2.75, 3.05) is 19.0 Å². The fraction of sp³-hybridized carbons (Fsp3) is 0.190. The molecule has 1 heterocycles. The maximum absolute atomic E-state index is 12.2. The van der Waals surface area contributed by atoms with Crippen LogP contribution < -0.4 is 10.6 Å². The number of amides is 4. The van der Waals surface area contributed by atoms with E-state index >= 15 is 0 Å². The monoisotopic (exact) mass is 454 g/mol. The van der Waals surface area contributed by atoms with Crippen LogP contribution in [0.3, 0.4) is 0 Å². The van der Waals surface area contributed by atoms with Gasteiger partial charge in [-0.15, -0.1) is 0 Å².